The summed E-state index contributed by atoms with van der Waals surface area (Å²) in [7, 11) is 0. The molecule has 0 aromatic heterocycles. The highest BCUT2D eigenvalue weighted by Gasteiger charge is 2.20. The van der Waals surface area contributed by atoms with Crippen LogP contribution in [0.3, 0.4) is 0 Å². The van der Waals surface area contributed by atoms with Crippen LogP contribution in [-0.4, -0.2) is 18.2 Å². The van der Waals surface area contributed by atoms with Crippen LogP contribution in [-0.2, 0) is 9.53 Å². The van der Waals surface area contributed by atoms with E-state index in [0.29, 0.717) is 0 Å². The van der Waals surface area contributed by atoms with E-state index < -0.39 is 0 Å². The van der Waals surface area contributed by atoms with Crippen LogP contribution < -0.4 is 10.9 Å². The summed E-state index contributed by atoms with van der Waals surface area (Å²) in [5.41, 5.74) is 6.37. The SMILES string of the molecule is CCC1N[N]C(=NC(C)=O)O1. The third-order valence-corrected chi connectivity index (χ3v) is 1.18. The molecule has 61 valence electrons. The number of hydrogen-bond donors (Lipinski definition) is 1. The predicted octanol–water partition coefficient (Wildman–Crippen LogP) is -0.236. The Bertz CT molecular complexity index is 190. The van der Waals surface area contributed by atoms with Gasteiger partial charge in [-0.1, -0.05) is 6.92 Å². The lowest BCUT2D eigenvalue weighted by molar-refractivity contribution is -0.115. The number of nitrogens with one attached hydrogen (secondary N) is 1. The largest absolute Gasteiger partial charge is 0.442 e. The molecule has 1 heterocycles. The normalized spacial score (nSPS) is 26.4. The summed E-state index contributed by atoms with van der Waals surface area (Å²) in [6.07, 6.45) is 0.661. The number of nitrogens with zero attached hydrogens (tertiary/aromatic N) is 2. The van der Waals surface area contributed by atoms with Gasteiger partial charge in [-0.15, -0.1) is 5.43 Å². The highest BCUT2D eigenvalue weighted by Crippen LogP contribution is 2.00. The lowest BCUT2D eigenvalue weighted by atomic mass is 10.4. The zero-order valence-corrected chi connectivity index (χ0v) is 6.50. The minimum Gasteiger partial charge on any atom is -0.442 e. The van der Waals surface area contributed by atoms with Crippen molar-refractivity contribution < 1.29 is 9.53 Å². The predicted molar refractivity (Wildman–Crippen MR) is 38.5 cm³/mol. The molecule has 1 saturated heterocycles. The van der Waals surface area contributed by atoms with E-state index >= 15 is 0 Å². The lowest BCUT2D eigenvalue weighted by Crippen LogP contribution is -2.25. The van der Waals surface area contributed by atoms with Crippen LogP contribution in [0.25, 0.3) is 0 Å². The van der Waals surface area contributed by atoms with Crippen LogP contribution >= 0.6 is 0 Å². The molecule has 1 rings (SSSR count). The Labute approximate surface area is 64.8 Å². The van der Waals surface area contributed by atoms with Crippen LogP contribution in [0.2, 0.25) is 0 Å². The van der Waals surface area contributed by atoms with Crippen molar-refractivity contribution in [2.75, 3.05) is 0 Å². The molecule has 5 nitrogen and oxygen atoms in total. The molecule has 0 spiro atoms. The average Bonchev–Trinajstić information content (AvgIpc) is 2.34. The maximum Gasteiger partial charge on any atom is 0.333 e. The van der Waals surface area contributed by atoms with Crippen LogP contribution in [0.1, 0.15) is 20.3 Å². The van der Waals surface area contributed by atoms with Gasteiger partial charge in [-0.2, -0.15) is 10.4 Å². The van der Waals surface area contributed by atoms with E-state index in [4.69, 9.17) is 4.74 Å². The van der Waals surface area contributed by atoms with Gasteiger partial charge in [0.1, 0.15) is 0 Å². The van der Waals surface area contributed by atoms with Gasteiger partial charge in [0.25, 0.3) is 0 Å². The first kappa shape index (κ1) is 8.00. The van der Waals surface area contributed by atoms with Crippen molar-refractivity contribution in [2.45, 2.75) is 26.5 Å². The van der Waals surface area contributed by atoms with Crippen molar-refractivity contribution in [1.82, 2.24) is 10.9 Å². The summed E-state index contributed by atoms with van der Waals surface area (Å²) in [5.74, 6) is -0.303. The Balaban J connectivity index is 2.47. The molecule has 5 heteroatoms. The Kier molecular flexibility index (Phi) is 2.43. The third kappa shape index (κ3) is 2.19. The van der Waals surface area contributed by atoms with Gasteiger partial charge >= 0.3 is 6.02 Å². The number of amidine groups is 1. The van der Waals surface area contributed by atoms with E-state index in [-0.39, 0.29) is 18.2 Å². The number of hydrogen-bond acceptors (Lipinski definition) is 3. The number of aliphatic imine (C=N–C) groups is 1. The first-order chi connectivity index (χ1) is 5.22. The zero-order chi connectivity index (χ0) is 8.27. The molecule has 0 aromatic rings. The van der Waals surface area contributed by atoms with E-state index in [1.165, 1.54) is 6.92 Å². The van der Waals surface area contributed by atoms with Gasteiger partial charge < -0.3 is 4.74 Å². The molecule has 1 aliphatic rings. The molecule has 0 bridgehead atoms. The third-order valence-electron chi connectivity index (χ3n) is 1.18. The molecular weight excluding hydrogens is 146 g/mol. The Morgan fingerprint density at radius 2 is 2.64 bits per heavy atom. The maximum atomic E-state index is 10.4. The molecular formula is C6H10N3O2. The zero-order valence-electron chi connectivity index (χ0n) is 6.50. The summed E-state index contributed by atoms with van der Waals surface area (Å²) in [5, 5.41) is 0. The lowest BCUT2D eigenvalue weighted by Gasteiger charge is -2.01. The average molecular weight is 156 g/mol. The molecule has 1 unspecified atom stereocenters. The second-order valence-corrected chi connectivity index (χ2v) is 2.17. The topological polar surface area (TPSA) is 64.8 Å². The van der Waals surface area contributed by atoms with Gasteiger partial charge in [-0.05, 0) is 6.42 Å². The second-order valence-electron chi connectivity index (χ2n) is 2.17. The van der Waals surface area contributed by atoms with Gasteiger partial charge in [0, 0.05) is 6.92 Å². The van der Waals surface area contributed by atoms with E-state index in [0.717, 1.165) is 6.42 Å². The molecule has 0 aliphatic carbocycles. The van der Waals surface area contributed by atoms with Crippen LogP contribution in [0.15, 0.2) is 4.99 Å². The van der Waals surface area contributed by atoms with Crippen LogP contribution in [0.5, 0.6) is 0 Å². The first-order valence-electron chi connectivity index (χ1n) is 3.44. The molecule has 1 amide bonds. The molecule has 1 fully saturated rings. The summed E-state index contributed by atoms with van der Waals surface area (Å²) >= 11 is 0. The van der Waals surface area contributed by atoms with Crippen molar-refractivity contribution in [3.63, 3.8) is 0 Å². The van der Waals surface area contributed by atoms with Gasteiger partial charge in [-0.25, -0.2) is 0 Å². The second kappa shape index (κ2) is 3.34. The fourth-order valence-electron chi connectivity index (χ4n) is 0.668. The quantitative estimate of drug-likeness (QED) is 0.570. The standard InChI is InChI=1S/C6H10N3O2/c1-3-5-8-9-6(11-5)7-4(2)10/h5,8H,3H2,1-2H3. The Morgan fingerprint density at radius 3 is 3.09 bits per heavy atom. The molecule has 1 radical (unpaired) electrons. The number of amides is 1. The van der Waals surface area contributed by atoms with Crippen LogP contribution in [0, 0.1) is 0 Å². The number of carbonyl (C=O) groups excluding carboxylic acids is 1. The van der Waals surface area contributed by atoms with Gasteiger partial charge in [-0.3, -0.25) is 4.79 Å². The van der Waals surface area contributed by atoms with Crippen LogP contribution in [0.4, 0.5) is 0 Å². The van der Waals surface area contributed by atoms with E-state index in [2.05, 4.69) is 15.8 Å². The molecule has 0 saturated carbocycles. The summed E-state index contributed by atoms with van der Waals surface area (Å²) in [4.78, 5) is 13.9. The highest BCUT2D eigenvalue weighted by molar-refractivity contribution is 5.89. The maximum absolute atomic E-state index is 10.4. The Morgan fingerprint density at radius 1 is 1.91 bits per heavy atom. The smallest absolute Gasteiger partial charge is 0.333 e. The van der Waals surface area contributed by atoms with Crippen molar-refractivity contribution >= 4 is 11.9 Å². The number of rotatable bonds is 1. The number of ether oxygens (including phenoxy) is 1. The fraction of sp³-hybridized carbons (Fsp3) is 0.667. The molecule has 1 aliphatic heterocycles. The monoisotopic (exact) mass is 156 g/mol. The molecule has 11 heavy (non-hydrogen) atoms. The molecule has 1 N–H and O–H groups in total. The Hall–Kier alpha value is -1.10. The molecule has 0 aromatic carbocycles. The van der Waals surface area contributed by atoms with Crippen molar-refractivity contribution in [1.29, 1.82) is 0 Å². The minimum atomic E-state index is -0.303. The van der Waals surface area contributed by atoms with Gasteiger partial charge in [0.15, 0.2) is 6.23 Å². The van der Waals surface area contributed by atoms with Crippen molar-refractivity contribution in [2.24, 2.45) is 4.99 Å². The fourth-order valence-corrected chi connectivity index (χ4v) is 0.668. The number of carbonyl (C=O) groups is 1. The van der Waals surface area contributed by atoms with Crippen molar-refractivity contribution in [3.05, 3.63) is 0 Å². The van der Waals surface area contributed by atoms with E-state index in [1.54, 1.807) is 0 Å². The van der Waals surface area contributed by atoms with Crippen molar-refractivity contribution in [3.8, 4) is 0 Å². The first-order valence-corrected chi connectivity index (χ1v) is 3.44. The summed E-state index contributed by atoms with van der Waals surface area (Å²) in [6.45, 7) is 3.30. The van der Waals surface area contributed by atoms with E-state index in [9.17, 15) is 4.79 Å². The van der Waals surface area contributed by atoms with Gasteiger partial charge in [0.05, 0.1) is 0 Å². The van der Waals surface area contributed by atoms with E-state index in [1.807, 2.05) is 6.92 Å². The summed E-state index contributed by atoms with van der Waals surface area (Å²) < 4.78 is 5.07. The summed E-state index contributed by atoms with van der Waals surface area (Å²) in [6, 6.07) is 0.129. The highest BCUT2D eigenvalue weighted by atomic mass is 16.5. The molecule has 1 atom stereocenters. The minimum absolute atomic E-state index is 0.129. The van der Waals surface area contributed by atoms with Gasteiger partial charge in [0.2, 0.25) is 5.91 Å².